The van der Waals surface area contributed by atoms with Crippen LogP contribution in [0, 0.1) is 6.92 Å². The van der Waals surface area contributed by atoms with Crippen LogP contribution >= 0.6 is 0 Å². The summed E-state index contributed by atoms with van der Waals surface area (Å²) in [7, 11) is 1.35. The van der Waals surface area contributed by atoms with Gasteiger partial charge in [-0.1, -0.05) is 12.1 Å². The molecule has 0 saturated carbocycles. The highest BCUT2D eigenvalue weighted by atomic mass is 16.6. The second kappa shape index (κ2) is 8.05. The number of nitrogens with zero attached hydrogens (tertiary/aromatic N) is 2. The average Bonchev–Trinajstić information content (AvgIpc) is 2.73. The van der Waals surface area contributed by atoms with E-state index >= 15 is 0 Å². The molecule has 0 bridgehead atoms. The molecule has 4 rings (SSSR count). The Hall–Kier alpha value is -3.81. The number of para-hydroxylation sites is 1. The molecule has 2 heterocycles. The fourth-order valence-corrected chi connectivity index (χ4v) is 2.96. The highest BCUT2D eigenvalue weighted by Gasteiger charge is 2.14. The zero-order valence-corrected chi connectivity index (χ0v) is 16.1. The molecule has 1 aliphatic heterocycles. The largest absolute Gasteiger partial charge is 0.486 e. The Morgan fingerprint density at radius 1 is 1.00 bits per heavy atom. The topological polar surface area (TPSA) is 94.6 Å². The molecule has 2 N–H and O–H groups in total. The first kappa shape index (κ1) is 18.5. The van der Waals surface area contributed by atoms with Gasteiger partial charge in [-0.25, -0.2) is 9.78 Å². The molecular weight excluding hydrogens is 372 g/mol. The van der Waals surface area contributed by atoms with Crippen molar-refractivity contribution < 1.29 is 19.0 Å². The van der Waals surface area contributed by atoms with Gasteiger partial charge in [0.1, 0.15) is 19.0 Å². The summed E-state index contributed by atoms with van der Waals surface area (Å²) in [5.74, 6) is 1.94. The Labute approximate surface area is 167 Å². The molecule has 0 aliphatic carbocycles. The van der Waals surface area contributed by atoms with Gasteiger partial charge in [-0.15, -0.1) is 0 Å². The fourth-order valence-electron chi connectivity index (χ4n) is 2.96. The van der Waals surface area contributed by atoms with E-state index in [9.17, 15) is 4.79 Å². The van der Waals surface area contributed by atoms with Crippen molar-refractivity contribution in [2.24, 2.45) is 0 Å². The summed E-state index contributed by atoms with van der Waals surface area (Å²) in [6.45, 7) is 2.93. The van der Waals surface area contributed by atoms with Crippen molar-refractivity contribution in [1.82, 2.24) is 9.97 Å². The molecule has 2 aromatic carbocycles. The fraction of sp³-hybridized carbons (Fsp3) is 0.190. The molecule has 8 heteroatoms. The Morgan fingerprint density at radius 3 is 2.62 bits per heavy atom. The van der Waals surface area contributed by atoms with Crippen LogP contribution in [0.15, 0.2) is 48.5 Å². The first-order valence-electron chi connectivity index (χ1n) is 9.09. The Bertz CT molecular complexity index is 1050. The minimum absolute atomic E-state index is 0.416. The number of anilines is 4. The van der Waals surface area contributed by atoms with Gasteiger partial charge in [0.15, 0.2) is 11.5 Å². The minimum Gasteiger partial charge on any atom is -0.486 e. The number of rotatable bonds is 5. The van der Waals surface area contributed by atoms with Gasteiger partial charge >= 0.3 is 5.97 Å². The number of benzene rings is 2. The number of aromatic nitrogens is 2. The number of carbonyl (C=O) groups excluding carboxylic acids is 1. The van der Waals surface area contributed by atoms with Gasteiger partial charge in [-0.2, -0.15) is 4.98 Å². The summed E-state index contributed by atoms with van der Waals surface area (Å²) in [5.41, 5.74) is 2.56. The van der Waals surface area contributed by atoms with Crippen molar-refractivity contribution in [2.75, 3.05) is 31.0 Å². The van der Waals surface area contributed by atoms with E-state index in [-0.39, 0.29) is 0 Å². The molecule has 0 saturated heterocycles. The summed E-state index contributed by atoms with van der Waals surface area (Å²) >= 11 is 0. The predicted molar refractivity (Wildman–Crippen MR) is 109 cm³/mol. The van der Waals surface area contributed by atoms with Crippen LogP contribution in [0.5, 0.6) is 11.5 Å². The average molecular weight is 392 g/mol. The standard InChI is InChI=1S/C21H20N4O4/c1-13-11-19(24-16-6-4-3-5-15(16)20(26)27-2)25-21(22-13)23-14-7-8-17-18(12-14)29-10-9-28-17/h3-8,11-12H,9-10H2,1-2H3,(H2,22,23,24,25). The molecule has 0 atom stereocenters. The summed E-state index contributed by atoms with van der Waals surface area (Å²) in [6.07, 6.45) is 0. The van der Waals surface area contributed by atoms with Crippen LogP contribution < -0.4 is 20.1 Å². The first-order valence-corrected chi connectivity index (χ1v) is 9.09. The van der Waals surface area contributed by atoms with Crippen LogP contribution in [0.4, 0.5) is 23.1 Å². The molecule has 8 nitrogen and oxygen atoms in total. The number of hydrogen-bond donors (Lipinski definition) is 2. The molecule has 0 amide bonds. The van der Waals surface area contributed by atoms with Gasteiger partial charge in [-0.3, -0.25) is 0 Å². The third kappa shape index (κ3) is 4.21. The number of esters is 1. The van der Waals surface area contributed by atoms with Crippen LogP contribution in [0.3, 0.4) is 0 Å². The number of methoxy groups -OCH3 is 1. The normalized spacial score (nSPS) is 12.2. The van der Waals surface area contributed by atoms with Crippen LogP contribution in [-0.2, 0) is 4.74 Å². The van der Waals surface area contributed by atoms with E-state index in [1.165, 1.54) is 7.11 Å². The van der Waals surface area contributed by atoms with E-state index in [1.54, 1.807) is 24.3 Å². The predicted octanol–water partition coefficient (Wildman–Crippen LogP) is 3.83. The van der Waals surface area contributed by atoms with E-state index in [1.807, 2.05) is 31.2 Å². The molecule has 0 fully saturated rings. The van der Waals surface area contributed by atoms with Crippen LogP contribution in [0.25, 0.3) is 0 Å². The lowest BCUT2D eigenvalue weighted by atomic mass is 10.2. The molecule has 0 unspecified atom stereocenters. The summed E-state index contributed by atoms with van der Waals surface area (Å²) in [5, 5.41) is 6.35. The molecule has 1 aromatic heterocycles. The lowest BCUT2D eigenvalue weighted by molar-refractivity contribution is 0.0602. The van der Waals surface area contributed by atoms with Gasteiger partial charge in [-0.05, 0) is 31.2 Å². The number of carbonyl (C=O) groups is 1. The Morgan fingerprint density at radius 2 is 1.79 bits per heavy atom. The monoisotopic (exact) mass is 392 g/mol. The molecule has 148 valence electrons. The lowest BCUT2D eigenvalue weighted by Gasteiger charge is -2.19. The van der Waals surface area contributed by atoms with Gasteiger partial charge in [0.05, 0.1) is 18.4 Å². The van der Waals surface area contributed by atoms with Crippen molar-refractivity contribution in [3.8, 4) is 11.5 Å². The molecule has 3 aromatic rings. The molecule has 29 heavy (non-hydrogen) atoms. The highest BCUT2D eigenvalue weighted by molar-refractivity contribution is 5.96. The summed E-state index contributed by atoms with van der Waals surface area (Å²) in [6, 6.07) is 14.4. The molecule has 0 spiro atoms. The lowest BCUT2D eigenvalue weighted by Crippen LogP contribution is -2.15. The molecule has 0 radical (unpaired) electrons. The maximum absolute atomic E-state index is 12.0. The number of fused-ring (bicyclic) bond motifs is 1. The Balaban J connectivity index is 1.58. The van der Waals surface area contributed by atoms with Crippen molar-refractivity contribution in [1.29, 1.82) is 0 Å². The van der Waals surface area contributed by atoms with E-state index in [0.717, 1.165) is 11.4 Å². The smallest absolute Gasteiger partial charge is 0.339 e. The third-order valence-corrected chi connectivity index (χ3v) is 4.25. The van der Waals surface area contributed by atoms with Crippen molar-refractivity contribution in [2.45, 2.75) is 6.92 Å². The van der Waals surface area contributed by atoms with Crippen LogP contribution in [0.1, 0.15) is 16.1 Å². The summed E-state index contributed by atoms with van der Waals surface area (Å²) < 4.78 is 16.0. The molecule has 1 aliphatic rings. The van der Waals surface area contributed by atoms with Crippen LogP contribution in [0.2, 0.25) is 0 Å². The first-order chi connectivity index (χ1) is 14.1. The Kier molecular flexibility index (Phi) is 5.15. The van der Waals surface area contributed by atoms with Gasteiger partial charge < -0.3 is 24.8 Å². The van der Waals surface area contributed by atoms with E-state index in [2.05, 4.69) is 20.6 Å². The number of ether oxygens (including phenoxy) is 3. The quantitative estimate of drug-likeness (QED) is 0.633. The van der Waals surface area contributed by atoms with E-state index in [0.29, 0.717) is 47.7 Å². The van der Waals surface area contributed by atoms with Crippen molar-refractivity contribution in [3.05, 3.63) is 59.8 Å². The second-order valence-electron chi connectivity index (χ2n) is 6.36. The SMILES string of the molecule is COC(=O)c1ccccc1Nc1cc(C)nc(Nc2ccc3c(c2)OCCO3)n1. The van der Waals surface area contributed by atoms with Gasteiger partial charge in [0.25, 0.3) is 0 Å². The molecular formula is C21H20N4O4. The maximum Gasteiger partial charge on any atom is 0.339 e. The third-order valence-electron chi connectivity index (χ3n) is 4.25. The number of nitrogens with one attached hydrogen (secondary N) is 2. The van der Waals surface area contributed by atoms with Gasteiger partial charge in [0, 0.05) is 23.5 Å². The maximum atomic E-state index is 12.0. The van der Waals surface area contributed by atoms with E-state index in [4.69, 9.17) is 14.2 Å². The second-order valence-corrected chi connectivity index (χ2v) is 6.36. The zero-order chi connectivity index (χ0) is 20.2. The summed E-state index contributed by atoms with van der Waals surface area (Å²) in [4.78, 5) is 20.9. The number of hydrogen-bond acceptors (Lipinski definition) is 8. The van der Waals surface area contributed by atoms with Crippen molar-refractivity contribution >= 4 is 29.1 Å². The van der Waals surface area contributed by atoms with Crippen LogP contribution in [-0.4, -0.2) is 36.3 Å². The zero-order valence-electron chi connectivity index (χ0n) is 16.1. The van der Waals surface area contributed by atoms with E-state index < -0.39 is 5.97 Å². The highest BCUT2D eigenvalue weighted by Crippen LogP contribution is 2.33. The van der Waals surface area contributed by atoms with Gasteiger partial charge in [0.2, 0.25) is 5.95 Å². The number of aryl methyl sites for hydroxylation is 1. The minimum atomic E-state index is -0.423. The van der Waals surface area contributed by atoms with Crippen molar-refractivity contribution in [3.63, 3.8) is 0 Å².